The SMILES string of the molecule is O=C(C1CCCN(c2ccc(-c3ccc(F)cc3)nn2)C1)N(Cc1ccccc1)Cc1ccccc1. The molecule has 0 bridgehead atoms. The van der Waals surface area contributed by atoms with Crippen LogP contribution in [0.25, 0.3) is 11.3 Å². The molecule has 0 aliphatic carbocycles. The van der Waals surface area contributed by atoms with Gasteiger partial charge in [-0.15, -0.1) is 10.2 Å². The average Bonchev–Trinajstić information content (AvgIpc) is 2.94. The first-order valence-electron chi connectivity index (χ1n) is 12.4. The minimum Gasteiger partial charge on any atom is -0.354 e. The highest BCUT2D eigenvalue weighted by Gasteiger charge is 2.30. The van der Waals surface area contributed by atoms with Gasteiger partial charge in [0.05, 0.1) is 11.6 Å². The van der Waals surface area contributed by atoms with Crippen molar-refractivity contribution in [3.63, 3.8) is 0 Å². The van der Waals surface area contributed by atoms with Gasteiger partial charge in [-0.1, -0.05) is 60.7 Å². The van der Waals surface area contributed by atoms with Crippen LogP contribution in [0.1, 0.15) is 24.0 Å². The van der Waals surface area contributed by atoms with E-state index >= 15 is 0 Å². The van der Waals surface area contributed by atoms with Crippen LogP contribution in [0.15, 0.2) is 97.1 Å². The van der Waals surface area contributed by atoms with E-state index in [0.717, 1.165) is 41.9 Å². The van der Waals surface area contributed by atoms with Gasteiger partial charge in [-0.2, -0.15) is 0 Å². The molecular weight excluding hydrogens is 451 g/mol. The van der Waals surface area contributed by atoms with E-state index in [9.17, 15) is 9.18 Å². The van der Waals surface area contributed by atoms with Crippen molar-refractivity contribution in [3.05, 3.63) is 114 Å². The van der Waals surface area contributed by atoms with Crippen molar-refractivity contribution in [2.24, 2.45) is 5.92 Å². The molecule has 2 heterocycles. The molecule has 182 valence electrons. The van der Waals surface area contributed by atoms with E-state index in [1.54, 1.807) is 12.1 Å². The zero-order valence-corrected chi connectivity index (χ0v) is 20.1. The minimum absolute atomic E-state index is 0.107. The van der Waals surface area contributed by atoms with Gasteiger partial charge in [0.1, 0.15) is 5.82 Å². The Morgan fingerprint density at radius 1 is 0.833 bits per heavy atom. The van der Waals surface area contributed by atoms with Gasteiger partial charge < -0.3 is 9.80 Å². The van der Waals surface area contributed by atoms with Gasteiger partial charge in [0.15, 0.2) is 5.82 Å². The van der Waals surface area contributed by atoms with Crippen molar-refractivity contribution in [2.45, 2.75) is 25.9 Å². The molecule has 1 aromatic heterocycles. The lowest BCUT2D eigenvalue weighted by Gasteiger charge is -2.35. The molecule has 0 saturated carbocycles. The summed E-state index contributed by atoms with van der Waals surface area (Å²) in [6.45, 7) is 2.61. The van der Waals surface area contributed by atoms with E-state index in [1.165, 1.54) is 12.1 Å². The number of piperidine rings is 1. The number of aromatic nitrogens is 2. The number of hydrogen-bond acceptors (Lipinski definition) is 4. The summed E-state index contributed by atoms with van der Waals surface area (Å²) >= 11 is 0. The number of nitrogens with zero attached hydrogens (tertiary/aromatic N) is 4. The first-order valence-corrected chi connectivity index (χ1v) is 12.4. The van der Waals surface area contributed by atoms with Gasteiger partial charge in [0.2, 0.25) is 5.91 Å². The van der Waals surface area contributed by atoms with Gasteiger partial charge >= 0.3 is 0 Å². The third-order valence-corrected chi connectivity index (χ3v) is 6.63. The molecule has 36 heavy (non-hydrogen) atoms. The van der Waals surface area contributed by atoms with Gasteiger partial charge in [-0.05, 0) is 60.4 Å². The third kappa shape index (κ3) is 5.77. The molecule has 5 rings (SSSR count). The lowest BCUT2D eigenvalue weighted by Crippen LogP contribution is -2.44. The number of halogens is 1. The number of rotatable bonds is 7. The quantitative estimate of drug-likeness (QED) is 0.339. The monoisotopic (exact) mass is 480 g/mol. The second-order valence-electron chi connectivity index (χ2n) is 9.23. The van der Waals surface area contributed by atoms with E-state index < -0.39 is 0 Å². The molecule has 5 nitrogen and oxygen atoms in total. The standard InChI is InChI=1S/C30H29FN4O/c31-27-15-13-25(14-16-27)28-17-18-29(33-32-28)34-19-7-12-26(22-34)30(36)35(20-23-8-3-1-4-9-23)21-24-10-5-2-6-11-24/h1-6,8-11,13-18,26H,7,12,19-22H2. The van der Waals surface area contributed by atoms with E-state index in [4.69, 9.17) is 0 Å². The lowest BCUT2D eigenvalue weighted by atomic mass is 9.96. The molecule has 6 heteroatoms. The van der Waals surface area contributed by atoms with Crippen LogP contribution in [0.5, 0.6) is 0 Å². The van der Waals surface area contributed by atoms with Crippen molar-refractivity contribution < 1.29 is 9.18 Å². The maximum atomic E-state index is 13.8. The van der Waals surface area contributed by atoms with Crippen LogP contribution in [-0.2, 0) is 17.9 Å². The summed E-state index contributed by atoms with van der Waals surface area (Å²) in [6.07, 6.45) is 1.78. The Hall–Kier alpha value is -4.06. The van der Waals surface area contributed by atoms with Crippen LogP contribution in [0, 0.1) is 11.7 Å². The normalized spacial score (nSPS) is 15.5. The second-order valence-corrected chi connectivity index (χ2v) is 9.23. The molecule has 1 unspecified atom stereocenters. The summed E-state index contributed by atoms with van der Waals surface area (Å²) < 4.78 is 13.2. The molecule has 4 aromatic rings. The highest BCUT2D eigenvalue weighted by molar-refractivity contribution is 5.80. The average molecular weight is 481 g/mol. The molecule has 0 N–H and O–H groups in total. The maximum absolute atomic E-state index is 13.8. The molecule has 0 radical (unpaired) electrons. The zero-order chi connectivity index (χ0) is 24.7. The fraction of sp³-hybridized carbons (Fsp3) is 0.233. The van der Waals surface area contributed by atoms with E-state index in [-0.39, 0.29) is 17.6 Å². The van der Waals surface area contributed by atoms with Crippen LogP contribution < -0.4 is 4.90 Å². The first-order chi connectivity index (χ1) is 17.7. The van der Waals surface area contributed by atoms with E-state index in [1.807, 2.05) is 53.4 Å². The molecule has 1 fully saturated rings. The second kappa shape index (κ2) is 11.1. The van der Waals surface area contributed by atoms with Crippen LogP contribution in [0.3, 0.4) is 0 Å². The fourth-order valence-electron chi connectivity index (χ4n) is 4.73. The fourth-order valence-corrected chi connectivity index (χ4v) is 4.73. The summed E-state index contributed by atoms with van der Waals surface area (Å²) in [6, 6.07) is 30.4. The van der Waals surface area contributed by atoms with Crippen molar-refractivity contribution in [3.8, 4) is 11.3 Å². The predicted molar refractivity (Wildman–Crippen MR) is 140 cm³/mol. The summed E-state index contributed by atoms with van der Waals surface area (Å²) in [5.41, 5.74) is 3.76. The zero-order valence-electron chi connectivity index (χ0n) is 20.1. The number of carbonyl (C=O) groups is 1. The lowest BCUT2D eigenvalue weighted by molar-refractivity contribution is -0.137. The molecule has 1 saturated heterocycles. The molecule has 1 atom stereocenters. The smallest absolute Gasteiger partial charge is 0.228 e. The van der Waals surface area contributed by atoms with Crippen molar-refractivity contribution in [1.29, 1.82) is 0 Å². The topological polar surface area (TPSA) is 49.3 Å². The Morgan fingerprint density at radius 3 is 2.06 bits per heavy atom. The number of amides is 1. The Labute approximate surface area is 211 Å². The van der Waals surface area contributed by atoms with E-state index in [2.05, 4.69) is 39.4 Å². The summed E-state index contributed by atoms with van der Waals surface area (Å²) in [4.78, 5) is 17.9. The number of benzene rings is 3. The molecular formula is C30H29FN4O. The van der Waals surface area contributed by atoms with Crippen molar-refractivity contribution in [2.75, 3.05) is 18.0 Å². The molecule has 1 aliphatic heterocycles. The van der Waals surface area contributed by atoms with Gasteiger partial charge in [0, 0.05) is 31.7 Å². The third-order valence-electron chi connectivity index (χ3n) is 6.63. The number of anilines is 1. The molecule has 3 aromatic carbocycles. The van der Waals surface area contributed by atoms with Crippen LogP contribution in [0.4, 0.5) is 10.2 Å². The minimum atomic E-state index is -0.277. The number of hydrogen-bond donors (Lipinski definition) is 0. The highest BCUT2D eigenvalue weighted by Crippen LogP contribution is 2.26. The Morgan fingerprint density at radius 2 is 1.47 bits per heavy atom. The van der Waals surface area contributed by atoms with Gasteiger partial charge in [-0.3, -0.25) is 4.79 Å². The summed E-state index contributed by atoms with van der Waals surface area (Å²) in [5.74, 6) is 0.546. The van der Waals surface area contributed by atoms with Gasteiger partial charge in [0.25, 0.3) is 0 Å². The van der Waals surface area contributed by atoms with Gasteiger partial charge in [-0.25, -0.2) is 4.39 Å². The van der Waals surface area contributed by atoms with E-state index in [0.29, 0.717) is 25.3 Å². The predicted octanol–water partition coefficient (Wildman–Crippen LogP) is 5.73. The largest absolute Gasteiger partial charge is 0.354 e. The highest BCUT2D eigenvalue weighted by atomic mass is 19.1. The Balaban J connectivity index is 1.30. The summed E-state index contributed by atoms with van der Waals surface area (Å²) in [5, 5.41) is 8.79. The molecule has 0 spiro atoms. The first kappa shape index (κ1) is 23.7. The van der Waals surface area contributed by atoms with Crippen molar-refractivity contribution >= 4 is 11.7 Å². The number of carbonyl (C=O) groups excluding carboxylic acids is 1. The van der Waals surface area contributed by atoms with Crippen LogP contribution in [0.2, 0.25) is 0 Å². The summed E-state index contributed by atoms with van der Waals surface area (Å²) in [7, 11) is 0. The molecule has 1 aliphatic rings. The van der Waals surface area contributed by atoms with Crippen LogP contribution >= 0.6 is 0 Å². The maximum Gasteiger partial charge on any atom is 0.228 e. The Kier molecular flexibility index (Phi) is 7.31. The molecule has 1 amide bonds. The van der Waals surface area contributed by atoms with Crippen LogP contribution in [-0.4, -0.2) is 34.1 Å². The van der Waals surface area contributed by atoms with Crippen molar-refractivity contribution in [1.82, 2.24) is 15.1 Å². The Bertz CT molecular complexity index is 1220.